The van der Waals surface area contributed by atoms with Gasteiger partial charge in [-0.1, -0.05) is 12.1 Å². The number of ether oxygens (including phenoxy) is 1. The number of aromatic nitrogens is 2. The number of aryl methyl sites for hydroxylation is 1. The summed E-state index contributed by atoms with van der Waals surface area (Å²) in [4.78, 5) is 12.9. The van der Waals surface area contributed by atoms with Gasteiger partial charge in [-0.2, -0.15) is 5.10 Å². The molecule has 4 rings (SSSR count). The van der Waals surface area contributed by atoms with Crippen molar-refractivity contribution in [3.63, 3.8) is 0 Å². The van der Waals surface area contributed by atoms with Crippen molar-refractivity contribution in [2.75, 3.05) is 12.4 Å². The fourth-order valence-electron chi connectivity index (χ4n) is 3.25. The molecule has 1 aromatic heterocycles. The number of carbonyl (C=O) groups is 1. The number of anilines is 1. The van der Waals surface area contributed by atoms with Gasteiger partial charge < -0.3 is 10.1 Å². The fourth-order valence-corrected chi connectivity index (χ4v) is 3.25. The Labute approximate surface area is 142 Å². The molecular formula is C19H23N3O2. The van der Waals surface area contributed by atoms with Gasteiger partial charge in [0.15, 0.2) is 0 Å². The van der Waals surface area contributed by atoms with Gasteiger partial charge in [0.2, 0.25) is 5.91 Å². The Kier molecular flexibility index (Phi) is 3.59. The molecule has 5 heteroatoms. The van der Waals surface area contributed by atoms with Crippen LogP contribution in [-0.2, 0) is 16.8 Å². The van der Waals surface area contributed by atoms with Crippen molar-refractivity contribution >= 4 is 11.7 Å². The average Bonchev–Trinajstić information content (AvgIpc) is 3.48. The summed E-state index contributed by atoms with van der Waals surface area (Å²) < 4.78 is 7.34. The first-order valence-corrected chi connectivity index (χ1v) is 8.61. The maximum absolute atomic E-state index is 12.9. The molecule has 1 aromatic carbocycles. The number of methoxy groups -OCH3 is 1. The van der Waals surface area contributed by atoms with Crippen molar-refractivity contribution in [1.82, 2.24) is 9.78 Å². The summed E-state index contributed by atoms with van der Waals surface area (Å²) >= 11 is 0. The highest BCUT2D eigenvalue weighted by Gasteiger charge is 2.51. The maximum atomic E-state index is 12.9. The lowest BCUT2D eigenvalue weighted by Gasteiger charge is -2.18. The van der Waals surface area contributed by atoms with E-state index in [1.807, 2.05) is 35.9 Å². The Morgan fingerprint density at radius 3 is 2.83 bits per heavy atom. The van der Waals surface area contributed by atoms with Gasteiger partial charge in [0, 0.05) is 12.6 Å². The average molecular weight is 325 g/mol. The van der Waals surface area contributed by atoms with Gasteiger partial charge in [0.05, 0.1) is 18.7 Å². The minimum Gasteiger partial charge on any atom is -0.496 e. The van der Waals surface area contributed by atoms with E-state index in [-0.39, 0.29) is 5.91 Å². The van der Waals surface area contributed by atoms with Crippen LogP contribution in [0.25, 0.3) is 0 Å². The molecule has 2 aliphatic rings. The van der Waals surface area contributed by atoms with Crippen LogP contribution in [0.5, 0.6) is 5.75 Å². The van der Waals surface area contributed by atoms with Gasteiger partial charge in [0.25, 0.3) is 0 Å². The number of hydrogen-bond donors (Lipinski definition) is 1. The van der Waals surface area contributed by atoms with Gasteiger partial charge in [-0.25, -0.2) is 4.68 Å². The summed E-state index contributed by atoms with van der Waals surface area (Å²) in [7, 11) is 1.67. The fraction of sp³-hybridized carbons (Fsp3) is 0.474. The molecule has 0 spiro atoms. The first kappa shape index (κ1) is 15.2. The van der Waals surface area contributed by atoms with E-state index in [1.54, 1.807) is 13.3 Å². The Morgan fingerprint density at radius 2 is 2.17 bits per heavy atom. The Morgan fingerprint density at radius 1 is 1.38 bits per heavy atom. The second-order valence-electron chi connectivity index (χ2n) is 7.06. The van der Waals surface area contributed by atoms with Crippen molar-refractivity contribution < 1.29 is 9.53 Å². The molecule has 2 fully saturated rings. The van der Waals surface area contributed by atoms with Gasteiger partial charge >= 0.3 is 0 Å². The highest BCUT2D eigenvalue weighted by Crippen LogP contribution is 2.50. The van der Waals surface area contributed by atoms with E-state index in [2.05, 4.69) is 10.4 Å². The van der Waals surface area contributed by atoms with Crippen molar-refractivity contribution in [3.05, 3.63) is 41.6 Å². The van der Waals surface area contributed by atoms with E-state index in [9.17, 15) is 4.79 Å². The third-order valence-electron chi connectivity index (χ3n) is 5.23. The number of nitrogens with zero attached hydrogens (tertiary/aromatic N) is 2. The predicted molar refractivity (Wildman–Crippen MR) is 92.2 cm³/mol. The molecule has 0 saturated heterocycles. The van der Waals surface area contributed by atoms with Gasteiger partial charge in [0.1, 0.15) is 11.6 Å². The summed E-state index contributed by atoms with van der Waals surface area (Å²) in [6, 6.07) is 7.96. The molecule has 1 heterocycles. The zero-order chi connectivity index (χ0) is 16.7. The van der Waals surface area contributed by atoms with Crippen LogP contribution >= 0.6 is 0 Å². The molecule has 126 valence electrons. The Hall–Kier alpha value is -2.30. The van der Waals surface area contributed by atoms with Crippen LogP contribution in [-0.4, -0.2) is 22.8 Å². The number of nitrogens with one attached hydrogen (secondary N) is 1. The Balaban J connectivity index is 1.54. The molecule has 0 bridgehead atoms. The van der Waals surface area contributed by atoms with Crippen molar-refractivity contribution in [2.24, 2.45) is 5.92 Å². The molecule has 2 saturated carbocycles. The molecule has 0 atom stereocenters. The summed E-state index contributed by atoms with van der Waals surface area (Å²) in [5, 5.41) is 7.44. The molecule has 0 radical (unpaired) electrons. The zero-order valence-electron chi connectivity index (χ0n) is 14.2. The second-order valence-corrected chi connectivity index (χ2v) is 7.06. The Bertz CT molecular complexity index is 773. The summed E-state index contributed by atoms with van der Waals surface area (Å²) in [5.74, 6) is 2.42. The monoisotopic (exact) mass is 325 g/mol. The highest BCUT2D eigenvalue weighted by atomic mass is 16.5. The van der Waals surface area contributed by atoms with Crippen LogP contribution in [0.15, 0.2) is 30.5 Å². The lowest BCUT2D eigenvalue weighted by molar-refractivity contribution is -0.118. The molecule has 1 N–H and O–H groups in total. The van der Waals surface area contributed by atoms with Crippen LogP contribution in [0.2, 0.25) is 0 Å². The maximum Gasteiger partial charge on any atom is 0.236 e. The summed E-state index contributed by atoms with van der Waals surface area (Å²) in [6.07, 6.45) is 6.04. The molecule has 5 nitrogen and oxygen atoms in total. The van der Waals surface area contributed by atoms with Gasteiger partial charge in [-0.3, -0.25) is 4.79 Å². The summed E-state index contributed by atoms with van der Waals surface area (Å²) in [6.45, 7) is 2.91. The molecule has 24 heavy (non-hydrogen) atoms. The number of benzene rings is 1. The minimum atomic E-state index is -0.421. The first-order chi connectivity index (χ1) is 11.6. The molecule has 0 unspecified atom stereocenters. The summed E-state index contributed by atoms with van der Waals surface area (Å²) in [5.41, 5.74) is 1.70. The molecular weight excluding hydrogens is 302 g/mol. The van der Waals surface area contributed by atoms with Crippen LogP contribution in [0.1, 0.15) is 36.8 Å². The lowest BCUT2D eigenvalue weighted by atomic mass is 9.93. The number of carbonyl (C=O) groups excluding carboxylic acids is 1. The quantitative estimate of drug-likeness (QED) is 0.887. The van der Waals surface area contributed by atoms with E-state index >= 15 is 0 Å². The predicted octanol–water partition coefficient (Wildman–Crippen LogP) is 3.28. The zero-order valence-corrected chi connectivity index (χ0v) is 14.2. The first-order valence-electron chi connectivity index (χ1n) is 8.61. The van der Waals surface area contributed by atoms with Crippen LogP contribution in [0.3, 0.4) is 0 Å². The van der Waals surface area contributed by atoms with E-state index in [0.717, 1.165) is 48.0 Å². The third kappa shape index (κ3) is 2.68. The number of rotatable bonds is 6. The van der Waals surface area contributed by atoms with Crippen molar-refractivity contribution in [3.8, 4) is 5.75 Å². The van der Waals surface area contributed by atoms with Crippen molar-refractivity contribution in [1.29, 1.82) is 0 Å². The smallest absolute Gasteiger partial charge is 0.236 e. The number of hydrogen-bond acceptors (Lipinski definition) is 3. The molecule has 0 aliphatic heterocycles. The van der Waals surface area contributed by atoms with E-state index < -0.39 is 5.41 Å². The third-order valence-corrected chi connectivity index (χ3v) is 5.23. The van der Waals surface area contributed by atoms with Gasteiger partial charge in [-0.15, -0.1) is 0 Å². The van der Waals surface area contributed by atoms with E-state index in [0.29, 0.717) is 0 Å². The second kappa shape index (κ2) is 5.65. The van der Waals surface area contributed by atoms with Crippen LogP contribution < -0.4 is 10.1 Å². The van der Waals surface area contributed by atoms with Gasteiger partial charge in [-0.05, 0) is 55.7 Å². The van der Waals surface area contributed by atoms with Crippen LogP contribution in [0.4, 0.5) is 5.82 Å². The van der Waals surface area contributed by atoms with Crippen LogP contribution in [0, 0.1) is 12.8 Å². The molecule has 2 aromatic rings. The highest BCUT2D eigenvalue weighted by molar-refractivity contribution is 6.01. The molecule has 2 aliphatic carbocycles. The lowest BCUT2D eigenvalue weighted by Crippen LogP contribution is -2.29. The normalized spacial score (nSPS) is 18.2. The largest absolute Gasteiger partial charge is 0.496 e. The minimum absolute atomic E-state index is 0.0611. The number of amides is 1. The van der Waals surface area contributed by atoms with E-state index in [1.165, 1.54) is 12.8 Å². The topological polar surface area (TPSA) is 56.1 Å². The SMILES string of the molecule is COc1cc(C2(C(=O)Nc3ccnn3CC3CC3)CC2)ccc1C. The van der Waals surface area contributed by atoms with Crippen molar-refractivity contribution in [2.45, 2.75) is 44.6 Å². The standard InChI is InChI=1S/C19H23N3O2/c1-13-3-6-15(11-16(13)24-2)19(8-9-19)18(23)21-17-7-10-20-22(17)12-14-4-5-14/h3,6-7,10-11,14H,4-5,8-9,12H2,1-2H3,(H,21,23). The van der Waals surface area contributed by atoms with E-state index in [4.69, 9.17) is 4.74 Å². The molecule has 1 amide bonds.